The number of carboxylic acids is 1. The van der Waals surface area contributed by atoms with Gasteiger partial charge in [-0.15, -0.1) is 0 Å². The molecule has 0 heterocycles. The molecule has 0 unspecified atom stereocenters. The first-order chi connectivity index (χ1) is 7.47. The van der Waals surface area contributed by atoms with E-state index in [1.165, 1.54) is 6.07 Å². The molecule has 16 heavy (non-hydrogen) atoms. The Kier molecular flexibility index (Phi) is 4.00. The zero-order chi connectivity index (χ0) is 12.3. The number of benzene rings is 1. The van der Waals surface area contributed by atoms with Gasteiger partial charge in [0.1, 0.15) is 0 Å². The highest BCUT2D eigenvalue weighted by atomic mass is 79.9. The zero-order valence-corrected chi connectivity index (χ0v) is 10.2. The second kappa shape index (κ2) is 5.07. The number of aliphatic carboxylic acids is 1. The van der Waals surface area contributed by atoms with E-state index in [1.807, 2.05) is 0 Å². The summed E-state index contributed by atoms with van der Waals surface area (Å²) in [4.78, 5) is 21.0. The number of alkyl halides is 1. The Morgan fingerprint density at radius 2 is 2.12 bits per heavy atom. The molecule has 0 spiro atoms. The molecule has 0 fully saturated rings. The van der Waals surface area contributed by atoms with Crippen LogP contribution in [0.15, 0.2) is 12.1 Å². The maximum Gasteiger partial charge on any atom is 0.307 e. The molecule has 1 rings (SSSR count). The fourth-order valence-corrected chi connectivity index (χ4v) is 2.14. The van der Waals surface area contributed by atoms with Crippen LogP contribution in [0.5, 0.6) is 0 Å². The van der Waals surface area contributed by atoms with Gasteiger partial charge >= 0.3 is 5.97 Å². The van der Waals surface area contributed by atoms with Crippen LogP contribution in [0.3, 0.4) is 0 Å². The minimum absolute atomic E-state index is 0.0428. The summed E-state index contributed by atoms with van der Waals surface area (Å²) in [5.74, 6) is -0.995. The topological polar surface area (TPSA) is 80.4 Å². The summed E-state index contributed by atoms with van der Waals surface area (Å²) in [7, 11) is 0. The lowest BCUT2D eigenvalue weighted by atomic mass is 9.98. The third kappa shape index (κ3) is 2.57. The summed E-state index contributed by atoms with van der Waals surface area (Å²) in [6.45, 7) is 1.74. The third-order valence-electron chi connectivity index (χ3n) is 2.30. The molecule has 0 saturated carbocycles. The molecule has 0 radical (unpaired) electrons. The van der Waals surface area contributed by atoms with Crippen LogP contribution in [0.25, 0.3) is 0 Å². The summed E-state index contributed by atoms with van der Waals surface area (Å²) in [6.07, 6.45) is -0.200. The van der Waals surface area contributed by atoms with Crippen molar-refractivity contribution in [2.45, 2.75) is 18.7 Å². The van der Waals surface area contributed by atoms with Gasteiger partial charge in [-0.1, -0.05) is 22.0 Å². The van der Waals surface area contributed by atoms with E-state index < -0.39 is 10.9 Å². The molecule has 86 valence electrons. The van der Waals surface area contributed by atoms with E-state index in [1.54, 1.807) is 13.0 Å². The van der Waals surface area contributed by atoms with Crippen molar-refractivity contribution in [3.63, 3.8) is 0 Å². The van der Waals surface area contributed by atoms with Gasteiger partial charge in [0.25, 0.3) is 5.69 Å². The monoisotopic (exact) mass is 287 g/mol. The van der Waals surface area contributed by atoms with E-state index in [2.05, 4.69) is 15.9 Å². The standard InChI is InChI=1S/C10H10BrNO4/c1-6-2-3-9(12(15)16)8(5-11)7(6)4-10(13)14/h2-3H,4-5H2,1H3,(H,13,14). The predicted molar refractivity (Wildman–Crippen MR) is 61.8 cm³/mol. The zero-order valence-electron chi connectivity index (χ0n) is 8.57. The quantitative estimate of drug-likeness (QED) is 0.524. The van der Waals surface area contributed by atoms with Crippen LogP contribution in [0.1, 0.15) is 16.7 Å². The number of hydrogen-bond acceptors (Lipinski definition) is 3. The number of rotatable bonds is 4. The van der Waals surface area contributed by atoms with Crippen LogP contribution in [0.2, 0.25) is 0 Å². The normalized spacial score (nSPS) is 10.1. The van der Waals surface area contributed by atoms with Gasteiger partial charge in [0.2, 0.25) is 0 Å². The number of halogens is 1. The first-order valence-electron chi connectivity index (χ1n) is 4.51. The van der Waals surface area contributed by atoms with Crippen molar-refractivity contribution in [1.29, 1.82) is 0 Å². The van der Waals surface area contributed by atoms with Gasteiger partial charge in [-0.2, -0.15) is 0 Å². The van der Waals surface area contributed by atoms with Crippen molar-refractivity contribution < 1.29 is 14.8 Å². The molecule has 0 aromatic heterocycles. The van der Waals surface area contributed by atoms with Crippen LogP contribution in [-0.4, -0.2) is 16.0 Å². The SMILES string of the molecule is Cc1ccc([N+](=O)[O-])c(CBr)c1CC(=O)O. The van der Waals surface area contributed by atoms with E-state index in [-0.39, 0.29) is 17.4 Å². The van der Waals surface area contributed by atoms with Gasteiger partial charge in [0.15, 0.2) is 0 Å². The number of nitro groups is 1. The van der Waals surface area contributed by atoms with Gasteiger partial charge in [-0.05, 0) is 18.1 Å². The number of nitrogens with zero attached hydrogens (tertiary/aromatic N) is 1. The summed E-state index contributed by atoms with van der Waals surface area (Å²) >= 11 is 3.15. The predicted octanol–water partition coefficient (Wildman–Crippen LogP) is 2.43. The van der Waals surface area contributed by atoms with Crippen LogP contribution in [0.4, 0.5) is 5.69 Å². The highest BCUT2D eigenvalue weighted by molar-refractivity contribution is 9.08. The number of hydrogen-bond donors (Lipinski definition) is 1. The molecule has 0 aliphatic heterocycles. The Bertz CT molecular complexity index is 445. The van der Waals surface area contributed by atoms with Gasteiger partial charge in [0, 0.05) is 17.0 Å². The lowest BCUT2D eigenvalue weighted by molar-refractivity contribution is -0.385. The highest BCUT2D eigenvalue weighted by Crippen LogP contribution is 2.27. The molecule has 1 N–H and O–H groups in total. The smallest absolute Gasteiger partial charge is 0.307 e. The van der Waals surface area contributed by atoms with Crippen molar-refractivity contribution in [3.8, 4) is 0 Å². The van der Waals surface area contributed by atoms with E-state index >= 15 is 0 Å². The van der Waals surface area contributed by atoms with Gasteiger partial charge in [-0.3, -0.25) is 14.9 Å². The first kappa shape index (κ1) is 12.6. The maximum absolute atomic E-state index is 10.8. The molecular formula is C10H10BrNO4. The number of carbonyl (C=O) groups is 1. The molecule has 1 aromatic rings. The second-order valence-electron chi connectivity index (χ2n) is 3.32. The Balaban J connectivity index is 3.37. The lowest BCUT2D eigenvalue weighted by Gasteiger charge is -2.09. The third-order valence-corrected chi connectivity index (χ3v) is 2.86. The second-order valence-corrected chi connectivity index (χ2v) is 3.88. The number of nitro benzene ring substituents is 1. The fourth-order valence-electron chi connectivity index (χ4n) is 1.52. The lowest BCUT2D eigenvalue weighted by Crippen LogP contribution is -2.07. The van der Waals surface area contributed by atoms with Gasteiger partial charge in [-0.25, -0.2) is 0 Å². The number of carboxylic acid groups (broad SMARTS) is 1. The molecule has 0 amide bonds. The maximum atomic E-state index is 10.8. The van der Waals surface area contributed by atoms with Crippen LogP contribution in [-0.2, 0) is 16.5 Å². The summed E-state index contributed by atoms with van der Waals surface area (Å²) in [5, 5.41) is 19.8. The Morgan fingerprint density at radius 3 is 2.56 bits per heavy atom. The van der Waals surface area contributed by atoms with Crippen molar-refractivity contribution >= 4 is 27.6 Å². The van der Waals surface area contributed by atoms with E-state index in [9.17, 15) is 14.9 Å². The van der Waals surface area contributed by atoms with E-state index in [0.29, 0.717) is 11.1 Å². The van der Waals surface area contributed by atoms with Crippen molar-refractivity contribution in [3.05, 3.63) is 38.9 Å². The molecule has 1 aromatic carbocycles. The summed E-state index contributed by atoms with van der Waals surface area (Å²) < 4.78 is 0. The van der Waals surface area contributed by atoms with Crippen molar-refractivity contribution in [1.82, 2.24) is 0 Å². The molecule has 0 aliphatic rings. The largest absolute Gasteiger partial charge is 0.481 e. The molecule has 0 saturated heterocycles. The Hall–Kier alpha value is -1.43. The van der Waals surface area contributed by atoms with Crippen LogP contribution in [0, 0.1) is 17.0 Å². The average molecular weight is 288 g/mol. The van der Waals surface area contributed by atoms with Gasteiger partial charge in [0.05, 0.1) is 11.3 Å². The molecule has 0 atom stereocenters. The Morgan fingerprint density at radius 1 is 1.50 bits per heavy atom. The molecule has 5 nitrogen and oxygen atoms in total. The van der Waals surface area contributed by atoms with Crippen LogP contribution >= 0.6 is 15.9 Å². The highest BCUT2D eigenvalue weighted by Gasteiger charge is 2.19. The molecular weight excluding hydrogens is 278 g/mol. The molecule has 0 bridgehead atoms. The Labute approximate surface area is 100 Å². The summed E-state index contributed by atoms with van der Waals surface area (Å²) in [6, 6.07) is 2.97. The summed E-state index contributed by atoms with van der Waals surface area (Å²) in [5.41, 5.74) is 1.66. The van der Waals surface area contributed by atoms with Gasteiger partial charge < -0.3 is 5.11 Å². The minimum Gasteiger partial charge on any atom is -0.481 e. The van der Waals surface area contributed by atoms with E-state index in [0.717, 1.165) is 5.56 Å². The minimum atomic E-state index is -0.995. The fraction of sp³-hybridized carbons (Fsp3) is 0.300. The molecule has 6 heteroatoms. The van der Waals surface area contributed by atoms with Crippen molar-refractivity contribution in [2.24, 2.45) is 0 Å². The molecule has 0 aliphatic carbocycles. The average Bonchev–Trinajstić information content (AvgIpc) is 2.19. The van der Waals surface area contributed by atoms with Crippen molar-refractivity contribution in [2.75, 3.05) is 0 Å². The first-order valence-corrected chi connectivity index (χ1v) is 5.63. The van der Waals surface area contributed by atoms with Crippen LogP contribution < -0.4 is 0 Å². The number of aryl methyl sites for hydroxylation is 1. The van der Waals surface area contributed by atoms with E-state index in [4.69, 9.17) is 5.11 Å².